The summed E-state index contributed by atoms with van der Waals surface area (Å²) in [4.78, 5) is 0. The predicted octanol–water partition coefficient (Wildman–Crippen LogP) is 5.37. The summed E-state index contributed by atoms with van der Waals surface area (Å²) in [6, 6.07) is 10.6. The van der Waals surface area contributed by atoms with Crippen LogP contribution in [0.4, 0.5) is 0 Å². The maximum atomic E-state index is 6.28. The van der Waals surface area contributed by atoms with Crippen LogP contribution in [-0.2, 0) is 6.42 Å². The van der Waals surface area contributed by atoms with Gasteiger partial charge in [0, 0.05) is 28.0 Å². The highest BCUT2D eigenvalue weighted by atomic mass is 79.9. The second-order valence-electron chi connectivity index (χ2n) is 5.07. The molecule has 4 heteroatoms. The lowest BCUT2D eigenvalue weighted by molar-refractivity contribution is 0.431. The number of halogens is 2. The topological polar surface area (TPSA) is 25.2 Å². The van der Waals surface area contributed by atoms with Gasteiger partial charge in [0.2, 0.25) is 0 Å². The Morgan fingerprint density at radius 1 is 1.30 bits per heavy atom. The van der Waals surface area contributed by atoms with Crippen LogP contribution in [-0.4, -0.2) is 6.04 Å². The fourth-order valence-corrected chi connectivity index (χ4v) is 3.10. The lowest BCUT2D eigenvalue weighted by Crippen LogP contribution is -2.29. The summed E-state index contributed by atoms with van der Waals surface area (Å²) in [5.41, 5.74) is 1.12. The molecule has 2 rings (SSSR count). The molecule has 0 saturated heterocycles. The molecule has 1 aromatic heterocycles. The van der Waals surface area contributed by atoms with Gasteiger partial charge in [-0.1, -0.05) is 33.6 Å². The van der Waals surface area contributed by atoms with Crippen molar-refractivity contribution >= 4 is 27.5 Å². The van der Waals surface area contributed by atoms with E-state index < -0.39 is 0 Å². The van der Waals surface area contributed by atoms with Crippen molar-refractivity contribution in [3.63, 3.8) is 0 Å². The zero-order valence-electron chi connectivity index (χ0n) is 11.7. The van der Waals surface area contributed by atoms with Gasteiger partial charge in [0.15, 0.2) is 0 Å². The summed E-state index contributed by atoms with van der Waals surface area (Å²) >= 11 is 9.71. The molecule has 1 N–H and O–H groups in total. The van der Waals surface area contributed by atoms with E-state index in [1.165, 1.54) is 0 Å². The van der Waals surface area contributed by atoms with Crippen LogP contribution in [0.3, 0.4) is 0 Å². The van der Waals surface area contributed by atoms with Gasteiger partial charge in [0.1, 0.15) is 5.76 Å². The van der Waals surface area contributed by atoms with E-state index in [1.807, 2.05) is 24.3 Å². The number of nitrogens with one attached hydrogen (secondary N) is 1. The van der Waals surface area contributed by atoms with Crippen molar-refractivity contribution in [1.82, 2.24) is 5.32 Å². The van der Waals surface area contributed by atoms with Crippen LogP contribution in [0, 0.1) is 0 Å². The molecule has 0 aliphatic rings. The first-order chi connectivity index (χ1) is 9.56. The highest BCUT2D eigenvalue weighted by Crippen LogP contribution is 2.26. The number of furan rings is 1. The predicted molar refractivity (Wildman–Crippen MR) is 87.2 cm³/mol. The summed E-state index contributed by atoms with van der Waals surface area (Å²) in [5, 5.41) is 4.37. The molecule has 1 aromatic carbocycles. The maximum absolute atomic E-state index is 6.28. The molecule has 0 fully saturated rings. The molecule has 1 heterocycles. The molecular formula is C16H19BrClNO. The molecule has 0 aliphatic heterocycles. The molecule has 0 spiro atoms. The van der Waals surface area contributed by atoms with Crippen LogP contribution in [0.5, 0.6) is 0 Å². The van der Waals surface area contributed by atoms with Gasteiger partial charge in [-0.15, -0.1) is 0 Å². The third kappa shape index (κ3) is 4.37. The summed E-state index contributed by atoms with van der Waals surface area (Å²) in [6.45, 7) is 4.32. The first-order valence-corrected chi connectivity index (χ1v) is 7.96. The van der Waals surface area contributed by atoms with Crippen molar-refractivity contribution in [2.24, 2.45) is 0 Å². The van der Waals surface area contributed by atoms with Crippen LogP contribution in [0.2, 0.25) is 5.02 Å². The molecule has 108 valence electrons. The number of hydrogen-bond donors (Lipinski definition) is 1. The molecule has 0 bridgehead atoms. The largest absolute Gasteiger partial charge is 0.469 e. The molecule has 0 amide bonds. The maximum Gasteiger partial charge on any atom is 0.103 e. The van der Waals surface area contributed by atoms with Crippen LogP contribution in [0.15, 0.2) is 45.5 Å². The smallest absolute Gasteiger partial charge is 0.103 e. The molecule has 2 aromatic rings. The van der Waals surface area contributed by atoms with Crippen molar-refractivity contribution in [3.05, 3.63) is 57.4 Å². The van der Waals surface area contributed by atoms with Gasteiger partial charge in [-0.3, -0.25) is 0 Å². The Morgan fingerprint density at radius 3 is 2.75 bits per heavy atom. The number of rotatable bonds is 6. The van der Waals surface area contributed by atoms with Crippen LogP contribution < -0.4 is 5.32 Å². The van der Waals surface area contributed by atoms with E-state index in [2.05, 4.69) is 41.2 Å². The van der Waals surface area contributed by atoms with Gasteiger partial charge >= 0.3 is 0 Å². The van der Waals surface area contributed by atoms with Gasteiger partial charge in [-0.05, 0) is 50.1 Å². The number of benzene rings is 1. The van der Waals surface area contributed by atoms with E-state index in [1.54, 1.807) is 6.26 Å². The van der Waals surface area contributed by atoms with Crippen LogP contribution in [0.1, 0.15) is 37.6 Å². The Kier molecular flexibility index (Phi) is 5.70. The summed E-state index contributed by atoms with van der Waals surface area (Å²) in [5.74, 6) is 1.04. The second kappa shape index (κ2) is 7.30. The Hall–Kier alpha value is -0.770. The van der Waals surface area contributed by atoms with E-state index >= 15 is 0 Å². The molecule has 2 nitrogen and oxygen atoms in total. The summed E-state index contributed by atoms with van der Waals surface area (Å²) in [6.07, 6.45) is 3.70. The first-order valence-electron chi connectivity index (χ1n) is 6.79. The molecule has 0 radical (unpaired) electrons. The zero-order valence-corrected chi connectivity index (χ0v) is 14.0. The van der Waals surface area contributed by atoms with Crippen molar-refractivity contribution in [2.45, 2.75) is 38.8 Å². The van der Waals surface area contributed by atoms with E-state index in [-0.39, 0.29) is 6.04 Å². The van der Waals surface area contributed by atoms with Gasteiger partial charge in [0.05, 0.1) is 6.26 Å². The monoisotopic (exact) mass is 355 g/mol. The summed E-state index contributed by atoms with van der Waals surface area (Å²) in [7, 11) is 0. The minimum atomic E-state index is 0.224. The lowest BCUT2D eigenvalue weighted by atomic mass is 10.1. The van der Waals surface area contributed by atoms with E-state index in [0.29, 0.717) is 6.04 Å². The van der Waals surface area contributed by atoms with Crippen LogP contribution in [0.25, 0.3) is 0 Å². The molecule has 20 heavy (non-hydrogen) atoms. The fourth-order valence-electron chi connectivity index (χ4n) is 2.27. The lowest BCUT2D eigenvalue weighted by Gasteiger charge is -2.21. The standard InChI is InChI=1S/C16H19BrClNO/c1-11(5-7-14-4-3-9-20-14)19-12(2)15-8-6-13(17)10-16(15)18/h3-4,6,8-12,19H,5,7H2,1-2H3. The highest BCUT2D eigenvalue weighted by molar-refractivity contribution is 9.10. The number of hydrogen-bond acceptors (Lipinski definition) is 2. The Morgan fingerprint density at radius 2 is 2.10 bits per heavy atom. The minimum absolute atomic E-state index is 0.224. The van der Waals surface area contributed by atoms with Gasteiger partial charge < -0.3 is 9.73 Å². The molecule has 2 unspecified atom stereocenters. The van der Waals surface area contributed by atoms with E-state index in [9.17, 15) is 0 Å². The molecule has 0 saturated carbocycles. The first kappa shape index (κ1) is 15.6. The van der Waals surface area contributed by atoms with E-state index in [4.69, 9.17) is 16.0 Å². The average molecular weight is 357 g/mol. The van der Waals surface area contributed by atoms with Crippen molar-refractivity contribution in [1.29, 1.82) is 0 Å². The third-order valence-corrected chi connectivity index (χ3v) is 4.19. The average Bonchev–Trinajstić information content (AvgIpc) is 2.89. The van der Waals surface area contributed by atoms with Crippen molar-refractivity contribution in [2.75, 3.05) is 0 Å². The molecular weight excluding hydrogens is 338 g/mol. The fraction of sp³-hybridized carbons (Fsp3) is 0.375. The quantitative estimate of drug-likeness (QED) is 0.753. The van der Waals surface area contributed by atoms with Gasteiger partial charge in [0.25, 0.3) is 0 Å². The van der Waals surface area contributed by atoms with Gasteiger partial charge in [-0.25, -0.2) is 0 Å². The van der Waals surface area contributed by atoms with Crippen LogP contribution >= 0.6 is 27.5 Å². The van der Waals surface area contributed by atoms with Crippen molar-refractivity contribution in [3.8, 4) is 0 Å². The molecule has 0 aliphatic carbocycles. The normalized spacial score (nSPS) is 14.2. The zero-order chi connectivity index (χ0) is 14.5. The SMILES string of the molecule is CC(CCc1ccco1)NC(C)c1ccc(Br)cc1Cl. The highest BCUT2D eigenvalue weighted by Gasteiger charge is 2.13. The Bertz CT molecular complexity index is 541. The Labute approximate surface area is 133 Å². The molecule has 2 atom stereocenters. The Balaban J connectivity index is 1.88. The summed E-state index contributed by atoms with van der Waals surface area (Å²) < 4.78 is 6.36. The van der Waals surface area contributed by atoms with E-state index in [0.717, 1.165) is 33.7 Å². The minimum Gasteiger partial charge on any atom is -0.469 e. The van der Waals surface area contributed by atoms with Gasteiger partial charge in [-0.2, -0.15) is 0 Å². The number of aryl methyl sites for hydroxylation is 1. The van der Waals surface area contributed by atoms with Crippen molar-refractivity contribution < 1.29 is 4.42 Å². The second-order valence-corrected chi connectivity index (χ2v) is 6.40. The third-order valence-electron chi connectivity index (χ3n) is 3.37.